The van der Waals surface area contributed by atoms with Crippen molar-refractivity contribution in [1.29, 1.82) is 0 Å². The third-order valence-electron chi connectivity index (χ3n) is 3.41. The van der Waals surface area contributed by atoms with Crippen LogP contribution in [0.3, 0.4) is 0 Å². The zero-order valence-corrected chi connectivity index (χ0v) is 11.1. The third-order valence-corrected chi connectivity index (χ3v) is 3.41. The minimum atomic E-state index is -0.440. The molecule has 1 aromatic carbocycles. The van der Waals surface area contributed by atoms with E-state index < -0.39 is 6.10 Å². The van der Waals surface area contributed by atoms with Gasteiger partial charge in [0.25, 0.3) is 0 Å². The summed E-state index contributed by atoms with van der Waals surface area (Å²) >= 11 is 0. The first kappa shape index (κ1) is 13.4. The molecule has 0 saturated heterocycles. The van der Waals surface area contributed by atoms with E-state index in [2.05, 4.69) is 17.4 Å². The van der Waals surface area contributed by atoms with Crippen LogP contribution in [0.1, 0.15) is 30.9 Å². The molecule has 0 aromatic heterocycles. The van der Waals surface area contributed by atoms with Gasteiger partial charge in [-0.3, -0.25) is 0 Å². The number of likely N-dealkylation sites (N-methyl/N-ethyl adjacent to an activating group) is 1. The predicted octanol–water partition coefficient (Wildman–Crippen LogP) is 1.91. The summed E-state index contributed by atoms with van der Waals surface area (Å²) in [5.74, 6) is 0.961. The molecule has 18 heavy (non-hydrogen) atoms. The van der Waals surface area contributed by atoms with E-state index in [0.717, 1.165) is 25.1 Å². The van der Waals surface area contributed by atoms with Gasteiger partial charge in [0.15, 0.2) is 0 Å². The predicted molar refractivity (Wildman–Crippen MR) is 73.1 cm³/mol. The highest BCUT2D eigenvalue weighted by atomic mass is 16.5. The second-order valence-electron chi connectivity index (χ2n) is 4.87. The molecule has 0 saturated carbocycles. The summed E-state index contributed by atoms with van der Waals surface area (Å²) in [5, 5.41) is 12.9. The van der Waals surface area contributed by atoms with Crippen LogP contribution in [0, 0.1) is 0 Å². The molecule has 0 amide bonds. The Hall–Kier alpha value is -1.06. The Balaban J connectivity index is 1.93. The monoisotopic (exact) mass is 249 g/mol. The van der Waals surface area contributed by atoms with E-state index in [1.54, 1.807) is 0 Å². The molecule has 3 nitrogen and oxygen atoms in total. The highest BCUT2D eigenvalue weighted by molar-refractivity contribution is 5.41. The van der Waals surface area contributed by atoms with E-state index >= 15 is 0 Å². The quantitative estimate of drug-likeness (QED) is 0.809. The van der Waals surface area contributed by atoms with Gasteiger partial charge >= 0.3 is 0 Å². The molecule has 0 aliphatic heterocycles. The molecule has 0 radical (unpaired) electrons. The first-order valence-electron chi connectivity index (χ1n) is 6.93. The summed E-state index contributed by atoms with van der Waals surface area (Å²) in [6.07, 6.45) is 4.35. The largest absolute Gasteiger partial charge is 0.491 e. The Morgan fingerprint density at radius 3 is 3.00 bits per heavy atom. The second kappa shape index (κ2) is 6.76. The van der Waals surface area contributed by atoms with E-state index in [0.29, 0.717) is 13.2 Å². The zero-order valence-electron chi connectivity index (χ0n) is 11.1. The first-order chi connectivity index (χ1) is 8.81. The van der Waals surface area contributed by atoms with Gasteiger partial charge in [-0.1, -0.05) is 19.1 Å². The van der Waals surface area contributed by atoms with Gasteiger partial charge in [-0.05, 0) is 49.4 Å². The molecule has 1 unspecified atom stereocenters. The van der Waals surface area contributed by atoms with Crippen LogP contribution >= 0.6 is 0 Å². The lowest BCUT2D eigenvalue weighted by molar-refractivity contribution is 0.106. The Morgan fingerprint density at radius 1 is 1.33 bits per heavy atom. The number of aliphatic hydroxyl groups excluding tert-OH is 1. The maximum absolute atomic E-state index is 9.76. The number of fused-ring (bicyclic) bond motifs is 1. The number of hydrogen-bond acceptors (Lipinski definition) is 3. The number of hydrogen-bond donors (Lipinski definition) is 2. The molecule has 1 atom stereocenters. The van der Waals surface area contributed by atoms with Crippen LogP contribution in [0.4, 0.5) is 0 Å². The van der Waals surface area contributed by atoms with E-state index in [4.69, 9.17) is 4.74 Å². The van der Waals surface area contributed by atoms with Gasteiger partial charge < -0.3 is 15.2 Å². The zero-order chi connectivity index (χ0) is 12.8. The van der Waals surface area contributed by atoms with Crippen LogP contribution in [0.5, 0.6) is 5.75 Å². The Bertz CT molecular complexity index is 379. The van der Waals surface area contributed by atoms with Gasteiger partial charge in [0.2, 0.25) is 0 Å². The van der Waals surface area contributed by atoms with Gasteiger partial charge in [-0.15, -0.1) is 0 Å². The van der Waals surface area contributed by atoms with Crippen molar-refractivity contribution in [2.45, 2.75) is 38.7 Å². The van der Waals surface area contributed by atoms with Crippen molar-refractivity contribution in [3.8, 4) is 5.75 Å². The molecule has 3 heteroatoms. The van der Waals surface area contributed by atoms with Gasteiger partial charge in [-0.2, -0.15) is 0 Å². The topological polar surface area (TPSA) is 41.5 Å². The molecule has 2 rings (SSSR count). The van der Waals surface area contributed by atoms with Gasteiger partial charge in [0.05, 0.1) is 0 Å². The minimum absolute atomic E-state index is 0.365. The fraction of sp³-hybridized carbons (Fsp3) is 0.600. The van der Waals surface area contributed by atoms with Crippen LogP contribution in [0.2, 0.25) is 0 Å². The lowest BCUT2D eigenvalue weighted by atomic mass is 9.91. The number of aryl methyl sites for hydroxylation is 1. The molecular weight excluding hydrogens is 226 g/mol. The molecule has 2 N–H and O–H groups in total. The summed E-state index contributed by atoms with van der Waals surface area (Å²) < 4.78 is 5.77. The number of aliphatic hydroxyl groups is 1. The molecule has 0 fully saturated rings. The maximum Gasteiger partial charge on any atom is 0.122 e. The molecule has 0 heterocycles. The van der Waals surface area contributed by atoms with E-state index in [1.807, 2.05) is 13.0 Å². The van der Waals surface area contributed by atoms with Crippen molar-refractivity contribution in [2.75, 3.05) is 19.7 Å². The molecule has 100 valence electrons. The van der Waals surface area contributed by atoms with Gasteiger partial charge in [0.1, 0.15) is 18.5 Å². The summed E-state index contributed by atoms with van der Waals surface area (Å²) in [6, 6.07) is 6.26. The average Bonchev–Trinajstić information content (AvgIpc) is 2.42. The molecular formula is C15H23NO2. The fourth-order valence-electron chi connectivity index (χ4n) is 2.44. The summed E-state index contributed by atoms with van der Waals surface area (Å²) in [4.78, 5) is 0. The molecule has 1 aliphatic rings. The van der Waals surface area contributed by atoms with Crippen LogP contribution in [0.15, 0.2) is 18.2 Å². The van der Waals surface area contributed by atoms with Crippen molar-refractivity contribution < 1.29 is 9.84 Å². The summed E-state index contributed by atoms with van der Waals surface area (Å²) in [5.41, 5.74) is 2.76. The lowest BCUT2D eigenvalue weighted by Crippen LogP contribution is -2.31. The van der Waals surface area contributed by atoms with Crippen LogP contribution in [-0.4, -0.2) is 30.9 Å². The van der Waals surface area contributed by atoms with Crippen molar-refractivity contribution in [2.24, 2.45) is 0 Å². The first-order valence-corrected chi connectivity index (χ1v) is 6.93. The van der Waals surface area contributed by atoms with Crippen molar-refractivity contribution in [1.82, 2.24) is 5.32 Å². The number of nitrogens with one attached hydrogen (secondary N) is 1. The highest BCUT2D eigenvalue weighted by Crippen LogP contribution is 2.29. The molecule has 1 aromatic rings. The van der Waals surface area contributed by atoms with Crippen LogP contribution < -0.4 is 10.1 Å². The standard InChI is InChI=1S/C15H23NO2/c1-2-16-10-13(17)11-18-15-9-5-7-12-6-3-4-8-14(12)15/h5,7,9,13,16-17H,2-4,6,8,10-11H2,1H3. The second-order valence-corrected chi connectivity index (χ2v) is 4.87. The Labute approximate surface area is 109 Å². The Morgan fingerprint density at radius 2 is 2.17 bits per heavy atom. The third kappa shape index (κ3) is 3.47. The summed E-state index contributed by atoms with van der Waals surface area (Å²) in [6.45, 7) is 3.86. The lowest BCUT2D eigenvalue weighted by Gasteiger charge is -2.20. The van der Waals surface area contributed by atoms with Crippen LogP contribution in [0.25, 0.3) is 0 Å². The van der Waals surface area contributed by atoms with Crippen molar-refractivity contribution >= 4 is 0 Å². The van der Waals surface area contributed by atoms with E-state index in [9.17, 15) is 5.11 Å². The molecule has 1 aliphatic carbocycles. The maximum atomic E-state index is 9.76. The summed E-state index contributed by atoms with van der Waals surface area (Å²) in [7, 11) is 0. The molecule has 0 bridgehead atoms. The van der Waals surface area contributed by atoms with Crippen molar-refractivity contribution in [3.05, 3.63) is 29.3 Å². The number of ether oxygens (including phenoxy) is 1. The average molecular weight is 249 g/mol. The smallest absolute Gasteiger partial charge is 0.122 e. The number of rotatable bonds is 6. The van der Waals surface area contributed by atoms with Crippen LogP contribution in [-0.2, 0) is 12.8 Å². The minimum Gasteiger partial charge on any atom is -0.491 e. The normalized spacial score (nSPS) is 16.1. The van der Waals surface area contributed by atoms with Crippen molar-refractivity contribution in [3.63, 3.8) is 0 Å². The Kier molecular flexibility index (Phi) is 5.02. The van der Waals surface area contributed by atoms with Gasteiger partial charge in [0, 0.05) is 6.54 Å². The van der Waals surface area contributed by atoms with E-state index in [1.165, 1.54) is 24.0 Å². The number of benzene rings is 1. The molecule has 0 spiro atoms. The SMILES string of the molecule is CCNCC(O)COc1cccc2c1CCCC2. The highest BCUT2D eigenvalue weighted by Gasteiger charge is 2.14. The van der Waals surface area contributed by atoms with Gasteiger partial charge in [-0.25, -0.2) is 0 Å². The van der Waals surface area contributed by atoms with E-state index in [-0.39, 0.29) is 0 Å². The fourth-order valence-corrected chi connectivity index (χ4v) is 2.44.